The lowest BCUT2D eigenvalue weighted by Crippen LogP contribution is -2.31. The zero-order valence-corrected chi connectivity index (χ0v) is 14.6. The van der Waals surface area contributed by atoms with E-state index in [1.54, 1.807) is 30.3 Å². The fourth-order valence-corrected chi connectivity index (χ4v) is 2.46. The maximum absolute atomic E-state index is 12.1. The highest BCUT2D eigenvalue weighted by atomic mass is 16.5. The molecule has 0 fully saturated rings. The van der Waals surface area contributed by atoms with E-state index in [4.69, 9.17) is 9.47 Å². The SMILES string of the molecule is COc1cccc(OCC(=O)NC(C)c2ccc(-n3cncn3)cc2)c1. The van der Waals surface area contributed by atoms with Gasteiger partial charge in [0.1, 0.15) is 24.2 Å². The summed E-state index contributed by atoms with van der Waals surface area (Å²) in [7, 11) is 1.58. The van der Waals surface area contributed by atoms with Crippen LogP contribution in [0.1, 0.15) is 18.5 Å². The van der Waals surface area contributed by atoms with Crippen molar-refractivity contribution in [2.45, 2.75) is 13.0 Å². The first kappa shape index (κ1) is 17.5. The number of ether oxygens (including phenoxy) is 2. The zero-order chi connectivity index (χ0) is 18.4. The van der Waals surface area contributed by atoms with Gasteiger partial charge in [0, 0.05) is 6.07 Å². The smallest absolute Gasteiger partial charge is 0.258 e. The highest BCUT2D eigenvalue weighted by Gasteiger charge is 2.11. The first-order valence-electron chi connectivity index (χ1n) is 8.17. The molecule has 0 aliphatic rings. The van der Waals surface area contributed by atoms with Gasteiger partial charge in [0.2, 0.25) is 0 Å². The van der Waals surface area contributed by atoms with Gasteiger partial charge in [-0.1, -0.05) is 18.2 Å². The second-order valence-corrected chi connectivity index (χ2v) is 5.69. The molecule has 1 heterocycles. The summed E-state index contributed by atoms with van der Waals surface area (Å²) in [5.74, 6) is 1.08. The molecule has 3 aromatic rings. The molecule has 1 atom stereocenters. The molecule has 0 spiro atoms. The van der Waals surface area contributed by atoms with E-state index >= 15 is 0 Å². The molecule has 0 radical (unpaired) electrons. The lowest BCUT2D eigenvalue weighted by molar-refractivity contribution is -0.123. The van der Waals surface area contributed by atoms with Crippen molar-refractivity contribution in [3.63, 3.8) is 0 Å². The number of hydrogen-bond donors (Lipinski definition) is 1. The summed E-state index contributed by atoms with van der Waals surface area (Å²) < 4.78 is 12.3. The molecule has 0 bridgehead atoms. The number of aromatic nitrogens is 3. The molecule has 0 aliphatic heterocycles. The third-order valence-electron chi connectivity index (χ3n) is 3.87. The molecule has 1 unspecified atom stereocenters. The van der Waals surface area contributed by atoms with Crippen LogP contribution in [-0.4, -0.2) is 34.4 Å². The number of carbonyl (C=O) groups excluding carboxylic acids is 1. The maximum atomic E-state index is 12.1. The van der Waals surface area contributed by atoms with Crippen molar-refractivity contribution in [2.24, 2.45) is 0 Å². The topological polar surface area (TPSA) is 78.3 Å². The molecule has 134 valence electrons. The van der Waals surface area contributed by atoms with Crippen LogP contribution in [0, 0.1) is 0 Å². The Morgan fingerprint density at radius 3 is 2.65 bits per heavy atom. The number of hydrogen-bond acceptors (Lipinski definition) is 5. The summed E-state index contributed by atoms with van der Waals surface area (Å²) in [4.78, 5) is 16.0. The van der Waals surface area contributed by atoms with Crippen molar-refractivity contribution in [1.82, 2.24) is 20.1 Å². The molecular formula is C19H20N4O3. The average molecular weight is 352 g/mol. The molecule has 1 aromatic heterocycles. The van der Waals surface area contributed by atoms with Crippen molar-refractivity contribution in [3.05, 3.63) is 66.7 Å². The van der Waals surface area contributed by atoms with E-state index in [0.717, 1.165) is 11.3 Å². The summed E-state index contributed by atoms with van der Waals surface area (Å²) in [6.45, 7) is 1.86. The standard InChI is InChI=1S/C19H20N4O3/c1-14(15-6-8-16(9-7-15)23-13-20-12-21-23)22-19(24)11-26-18-5-3-4-17(10-18)25-2/h3-10,12-14H,11H2,1-2H3,(H,22,24). The Bertz CT molecular complexity index is 847. The predicted octanol–water partition coefficient (Wildman–Crippen LogP) is 2.53. The van der Waals surface area contributed by atoms with E-state index in [1.165, 1.54) is 6.33 Å². The average Bonchev–Trinajstić information content (AvgIpc) is 3.21. The molecule has 7 nitrogen and oxygen atoms in total. The zero-order valence-electron chi connectivity index (χ0n) is 14.6. The minimum absolute atomic E-state index is 0.0610. The van der Waals surface area contributed by atoms with Crippen LogP contribution in [0.3, 0.4) is 0 Å². The molecule has 0 saturated heterocycles. The first-order chi connectivity index (χ1) is 12.7. The van der Waals surface area contributed by atoms with E-state index in [0.29, 0.717) is 11.5 Å². The number of nitrogens with one attached hydrogen (secondary N) is 1. The Kier molecular flexibility index (Phi) is 5.48. The van der Waals surface area contributed by atoms with Gasteiger partial charge in [-0.05, 0) is 36.8 Å². The Morgan fingerprint density at radius 1 is 1.19 bits per heavy atom. The van der Waals surface area contributed by atoms with Crippen molar-refractivity contribution < 1.29 is 14.3 Å². The van der Waals surface area contributed by atoms with Gasteiger partial charge in [-0.2, -0.15) is 5.10 Å². The third-order valence-corrected chi connectivity index (χ3v) is 3.87. The molecule has 2 aromatic carbocycles. The second-order valence-electron chi connectivity index (χ2n) is 5.69. The summed E-state index contributed by atoms with van der Waals surface area (Å²) in [6.07, 6.45) is 3.12. The number of rotatable bonds is 7. The fourth-order valence-electron chi connectivity index (χ4n) is 2.46. The van der Waals surface area contributed by atoms with Crippen LogP contribution in [0.5, 0.6) is 11.5 Å². The minimum atomic E-state index is -0.194. The Labute approximate surface area is 151 Å². The molecular weight excluding hydrogens is 332 g/mol. The van der Waals surface area contributed by atoms with E-state index in [9.17, 15) is 4.79 Å². The van der Waals surface area contributed by atoms with Crippen molar-refractivity contribution in [1.29, 1.82) is 0 Å². The van der Waals surface area contributed by atoms with Crippen LogP contribution in [0.2, 0.25) is 0 Å². The normalized spacial score (nSPS) is 11.6. The molecule has 1 N–H and O–H groups in total. The molecule has 0 aliphatic carbocycles. The summed E-state index contributed by atoms with van der Waals surface area (Å²) >= 11 is 0. The molecule has 3 rings (SSSR count). The number of methoxy groups -OCH3 is 1. The third kappa shape index (κ3) is 4.38. The maximum Gasteiger partial charge on any atom is 0.258 e. The molecule has 26 heavy (non-hydrogen) atoms. The van der Waals surface area contributed by atoms with Gasteiger partial charge >= 0.3 is 0 Å². The second kappa shape index (κ2) is 8.15. The first-order valence-corrected chi connectivity index (χ1v) is 8.17. The van der Waals surface area contributed by atoms with Gasteiger partial charge in [0.25, 0.3) is 5.91 Å². The van der Waals surface area contributed by atoms with Gasteiger partial charge in [-0.25, -0.2) is 9.67 Å². The monoisotopic (exact) mass is 352 g/mol. The van der Waals surface area contributed by atoms with Gasteiger partial charge in [0.15, 0.2) is 6.61 Å². The molecule has 0 saturated carbocycles. The van der Waals surface area contributed by atoms with E-state index in [1.807, 2.05) is 43.3 Å². The lowest BCUT2D eigenvalue weighted by atomic mass is 10.1. The van der Waals surface area contributed by atoms with Crippen LogP contribution in [-0.2, 0) is 4.79 Å². The quantitative estimate of drug-likeness (QED) is 0.707. The van der Waals surface area contributed by atoms with Gasteiger partial charge in [-0.3, -0.25) is 4.79 Å². The van der Waals surface area contributed by atoms with E-state index in [2.05, 4.69) is 15.4 Å². The van der Waals surface area contributed by atoms with Gasteiger partial charge in [-0.15, -0.1) is 0 Å². The fraction of sp³-hybridized carbons (Fsp3) is 0.211. The van der Waals surface area contributed by atoms with Crippen LogP contribution in [0.25, 0.3) is 5.69 Å². The van der Waals surface area contributed by atoms with Crippen molar-refractivity contribution >= 4 is 5.91 Å². The van der Waals surface area contributed by atoms with E-state index < -0.39 is 0 Å². The Morgan fingerprint density at radius 2 is 1.96 bits per heavy atom. The van der Waals surface area contributed by atoms with Crippen LogP contribution < -0.4 is 14.8 Å². The highest BCUT2D eigenvalue weighted by molar-refractivity contribution is 5.78. The number of nitrogens with zero attached hydrogens (tertiary/aromatic N) is 3. The van der Waals surface area contributed by atoms with Crippen LogP contribution in [0.4, 0.5) is 0 Å². The van der Waals surface area contributed by atoms with Crippen molar-refractivity contribution in [3.8, 4) is 17.2 Å². The largest absolute Gasteiger partial charge is 0.497 e. The number of benzene rings is 2. The van der Waals surface area contributed by atoms with Crippen molar-refractivity contribution in [2.75, 3.05) is 13.7 Å². The van der Waals surface area contributed by atoms with E-state index in [-0.39, 0.29) is 18.6 Å². The molecule has 1 amide bonds. The Hall–Kier alpha value is -3.35. The number of carbonyl (C=O) groups is 1. The summed E-state index contributed by atoms with van der Waals surface area (Å²) in [5.41, 5.74) is 1.90. The highest BCUT2D eigenvalue weighted by Crippen LogP contribution is 2.19. The van der Waals surface area contributed by atoms with Crippen LogP contribution in [0.15, 0.2) is 61.2 Å². The Balaban J connectivity index is 1.53. The minimum Gasteiger partial charge on any atom is -0.497 e. The summed E-state index contributed by atoms with van der Waals surface area (Å²) in [6, 6.07) is 14.8. The number of amides is 1. The van der Waals surface area contributed by atoms with Gasteiger partial charge < -0.3 is 14.8 Å². The lowest BCUT2D eigenvalue weighted by Gasteiger charge is -2.15. The predicted molar refractivity (Wildman–Crippen MR) is 96.4 cm³/mol. The van der Waals surface area contributed by atoms with Crippen LogP contribution >= 0.6 is 0 Å². The van der Waals surface area contributed by atoms with Gasteiger partial charge in [0.05, 0.1) is 18.8 Å². The summed E-state index contributed by atoms with van der Waals surface area (Å²) in [5, 5.41) is 7.00. The molecule has 7 heteroatoms.